The van der Waals surface area contributed by atoms with Crippen LogP contribution in [0.5, 0.6) is 0 Å². The summed E-state index contributed by atoms with van der Waals surface area (Å²) >= 11 is 0. The monoisotopic (exact) mass is 290 g/mol. The van der Waals surface area contributed by atoms with E-state index in [1.54, 1.807) is 0 Å². The number of aliphatic hydroxyl groups excluding tert-OH is 1. The van der Waals surface area contributed by atoms with E-state index in [0.717, 1.165) is 31.1 Å². The zero-order valence-electron chi connectivity index (χ0n) is 14.7. The number of hydrogen-bond acceptors (Lipinski definition) is 1. The van der Waals surface area contributed by atoms with E-state index in [0.29, 0.717) is 11.3 Å². The molecule has 0 heterocycles. The second-order valence-electron chi connectivity index (χ2n) is 8.20. The number of rotatable bonds is 1. The second kappa shape index (κ2) is 6.69. The first kappa shape index (κ1) is 16.8. The molecule has 0 aromatic carbocycles. The van der Waals surface area contributed by atoms with Gasteiger partial charge in [0, 0.05) is 0 Å². The Morgan fingerprint density at radius 1 is 1.24 bits per heavy atom. The van der Waals surface area contributed by atoms with Gasteiger partial charge in [0.2, 0.25) is 0 Å². The third-order valence-corrected chi connectivity index (χ3v) is 6.24. The Morgan fingerprint density at radius 2 is 1.95 bits per heavy atom. The van der Waals surface area contributed by atoms with Crippen LogP contribution in [0, 0.1) is 23.2 Å². The van der Waals surface area contributed by atoms with Gasteiger partial charge in [-0.05, 0) is 81.1 Å². The fraction of sp³-hybridized carbons (Fsp3) is 0.800. The fourth-order valence-electron chi connectivity index (χ4n) is 4.51. The normalized spacial score (nSPS) is 43.5. The lowest BCUT2D eigenvalue weighted by Gasteiger charge is -2.36. The Kier molecular flexibility index (Phi) is 5.35. The van der Waals surface area contributed by atoms with Crippen LogP contribution in [-0.2, 0) is 0 Å². The van der Waals surface area contributed by atoms with Crippen LogP contribution in [0.2, 0.25) is 0 Å². The summed E-state index contributed by atoms with van der Waals surface area (Å²) in [4.78, 5) is 0. The quantitative estimate of drug-likeness (QED) is 0.632. The Balaban J connectivity index is 2.31. The van der Waals surface area contributed by atoms with Gasteiger partial charge in [-0.2, -0.15) is 0 Å². The summed E-state index contributed by atoms with van der Waals surface area (Å²) in [6.45, 7) is 11.6. The first-order valence-corrected chi connectivity index (χ1v) is 8.84. The molecule has 0 aromatic heterocycles. The lowest BCUT2D eigenvalue weighted by molar-refractivity contribution is 0.0921. The van der Waals surface area contributed by atoms with Gasteiger partial charge in [0.05, 0.1) is 6.10 Å². The molecule has 2 aliphatic carbocycles. The highest BCUT2D eigenvalue weighted by molar-refractivity contribution is 5.12. The van der Waals surface area contributed by atoms with Gasteiger partial charge in [0.25, 0.3) is 0 Å². The SMILES string of the molecule is C/C1=C\CC2(C)CC[C@H](C(C)C)C2CC(O)/C(C)=C/CC1. The maximum atomic E-state index is 10.6. The van der Waals surface area contributed by atoms with Crippen molar-refractivity contribution in [1.82, 2.24) is 0 Å². The molecule has 1 N–H and O–H groups in total. The minimum atomic E-state index is -0.243. The largest absolute Gasteiger partial charge is 0.389 e. The van der Waals surface area contributed by atoms with Crippen molar-refractivity contribution in [2.45, 2.75) is 79.2 Å². The predicted octanol–water partition coefficient (Wildman–Crippen LogP) is 5.50. The minimum Gasteiger partial charge on any atom is -0.389 e. The van der Waals surface area contributed by atoms with Crippen LogP contribution in [0.25, 0.3) is 0 Å². The fourth-order valence-corrected chi connectivity index (χ4v) is 4.51. The Labute approximate surface area is 131 Å². The maximum Gasteiger partial charge on any atom is 0.0750 e. The molecule has 1 nitrogen and oxygen atoms in total. The van der Waals surface area contributed by atoms with Crippen molar-refractivity contribution in [3.63, 3.8) is 0 Å². The molecule has 1 fully saturated rings. The van der Waals surface area contributed by atoms with Gasteiger partial charge in [0.15, 0.2) is 0 Å². The van der Waals surface area contributed by atoms with Crippen LogP contribution >= 0.6 is 0 Å². The molecule has 0 amide bonds. The highest BCUT2D eigenvalue weighted by Gasteiger charge is 2.45. The lowest BCUT2D eigenvalue weighted by atomic mass is 9.69. The summed E-state index contributed by atoms with van der Waals surface area (Å²) < 4.78 is 0. The number of fused-ring (bicyclic) bond motifs is 1. The molecule has 2 rings (SSSR count). The molecule has 1 saturated carbocycles. The van der Waals surface area contributed by atoms with Crippen LogP contribution in [0.1, 0.15) is 73.1 Å². The van der Waals surface area contributed by atoms with E-state index in [2.05, 4.69) is 46.8 Å². The molecule has 0 saturated heterocycles. The summed E-state index contributed by atoms with van der Waals surface area (Å²) in [5.41, 5.74) is 3.08. The van der Waals surface area contributed by atoms with Gasteiger partial charge >= 0.3 is 0 Å². The number of allylic oxidation sites excluding steroid dienone is 3. The van der Waals surface area contributed by atoms with Crippen LogP contribution < -0.4 is 0 Å². The summed E-state index contributed by atoms with van der Waals surface area (Å²) in [5, 5.41) is 10.6. The van der Waals surface area contributed by atoms with Crippen molar-refractivity contribution in [2.75, 3.05) is 0 Å². The van der Waals surface area contributed by atoms with Gasteiger partial charge in [-0.1, -0.05) is 38.5 Å². The maximum absolute atomic E-state index is 10.6. The van der Waals surface area contributed by atoms with Gasteiger partial charge in [-0.3, -0.25) is 0 Å². The predicted molar refractivity (Wildman–Crippen MR) is 91.1 cm³/mol. The first-order valence-electron chi connectivity index (χ1n) is 8.84. The molecule has 3 unspecified atom stereocenters. The van der Waals surface area contributed by atoms with E-state index in [1.807, 2.05) is 0 Å². The molecule has 0 aromatic rings. The van der Waals surface area contributed by atoms with Crippen molar-refractivity contribution < 1.29 is 5.11 Å². The average molecular weight is 290 g/mol. The van der Waals surface area contributed by atoms with Crippen LogP contribution in [0.15, 0.2) is 23.3 Å². The Morgan fingerprint density at radius 3 is 2.62 bits per heavy atom. The van der Waals surface area contributed by atoms with E-state index in [-0.39, 0.29) is 6.10 Å². The van der Waals surface area contributed by atoms with Gasteiger partial charge in [0.1, 0.15) is 0 Å². The molecule has 4 atom stereocenters. The summed E-state index contributed by atoms with van der Waals surface area (Å²) in [6, 6.07) is 0. The van der Waals surface area contributed by atoms with Crippen LogP contribution in [0.3, 0.4) is 0 Å². The van der Waals surface area contributed by atoms with Crippen molar-refractivity contribution in [3.05, 3.63) is 23.3 Å². The minimum absolute atomic E-state index is 0.243. The van der Waals surface area contributed by atoms with Gasteiger partial charge in [-0.15, -0.1) is 0 Å². The molecule has 0 aliphatic heterocycles. The zero-order valence-corrected chi connectivity index (χ0v) is 14.7. The Bertz CT molecular complexity index is 418. The van der Waals surface area contributed by atoms with Crippen molar-refractivity contribution >= 4 is 0 Å². The van der Waals surface area contributed by atoms with Crippen molar-refractivity contribution in [1.29, 1.82) is 0 Å². The summed E-state index contributed by atoms with van der Waals surface area (Å²) in [6.07, 6.45) is 11.5. The lowest BCUT2D eigenvalue weighted by Crippen LogP contribution is -2.31. The third-order valence-electron chi connectivity index (χ3n) is 6.24. The second-order valence-corrected chi connectivity index (χ2v) is 8.20. The molecule has 0 spiro atoms. The number of aliphatic hydroxyl groups is 1. The van der Waals surface area contributed by atoms with E-state index >= 15 is 0 Å². The molecular formula is C20H34O. The summed E-state index contributed by atoms with van der Waals surface area (Å²) in [7, 11) is 0. The van der Waals surface area contributed by atoms with Crippen LogP contribution in [0.4, 0.5) is 0 Å². The highest BCUT2D eigenvalue weighted by Crippen LogP contribution is 2.54. The molecular weight excluding hydrogens is 256 g/mol. The standard InChI is InChI=1S/C20H34O/c1-14(2)17-10-12-20(5)11-9-15(3)7-6-8-16(4)19(21)13-18(17)20/h8-9,14,17-19,21H,6-7,10-13H2,1-5H3/b15-9+,16-8+/t17-,18?,19?,20?/m1/s1. The average Bonchev–Trinajstić information content (AvgIpc) is 2.73. The zero-order chi connectivity index (χ0) is 15.6. The smallest absolute Gasteiger partial charge is 0.0750 e. The molecule has 0 radical (unpaired) electrons. The number of hydrogen-bond donors (Lipinski definition) is 1. The van der Waals surface area contributed by atoms with Gasteiger partial charge in [-0.25, -0.2) is 0 Å². The third kappa shape index (κ3) is 3.80. The topological polar surface area (TPSA) is 20.2 Å². The van der Waals surface area contributed by atoms with Crippen LogP contribution in [-0.4, -0.2) is 11.2 Å². The van der Waals surface area contributed by atoms with Crippen molar-refractivity contribution in [2.24, 2.45) is 23.2 Å². The molecule has 21 heavy (non-hydrogen) atoms. The molecule has 1 heteroatoms. The summed E-state index contributed by atoms with van der Waals surface area (Å²) in [5.74, 6) is 2.15. The first-order chi connectivity index (χ1) is 9.83. The van der Waals surface area contributed by atoms with E-state index in [9.17, 15) is 5.11 Å². The highest BCUT2D eigenvalue weighted by atomic mass is 16.3. The van der Waals surface area contributed by atoms with E-state index in [1.165, 1.54) is 30.4 Å². The Hall–Kier alpha value is -0.560. The van der Waals surface area contributed by atoms with E-state index in [4.69, 9.17) is 0 Å². The molecule has 0 bridgehead atoms. The van der Waals surface area contributed by atoms with Gasteiger partial charge < -0.3 is 5.11 Å². The molecule has 120 valence electrons. The van der Waals surface area contributed by atoms with Crippen molar-refractivity contribution in [3.8, 4) is 0 Å². The van der Waals surface area contributed by atoms with E-state index < -0.39 is 0 Å². The molecule has 2 aliphatic rings.